The van der Waals surface area contributed by atoms with E-state index in [2.05, 4.69) is 16.5 Å². The van der Waals surface area contributed by atoms with Crippen LogP contribution in [0.3, 0.4) is 0 Å². The van der Waals surface area contributed by atoms with Crippen molar-refractivity contribution in [3.63, 3.8) is 0 Å². The Bertz CT molecular complexity index is 1010. The van der Waals surface area contributed by atoms with E-state index < -0.39 is 0 Å². The predicted octanol–water partition coefficient (Wildman–Crippen LogP) is 6.53. The molecule has 0 amide bonds. The van der Waals surface area contributed by atoms with Gasteiger partial charge in [0.05, 0.1) is 12.1 Å². The first kappa shape index (κ1) is 26.3. The highest BCUT2D eigenvalue weighted by molar-refractivity contribution is 6.13. The number of aliphatic hydroxyl groups is 1. The van der Waals surface area contributed by atoms with Crippen LogP contribution in [0.15, 0.2) is 70.1 Å². The first-order valence-electron chi connectivity index (χ1n) is 11.8. The van der Waals surface area contributed by atoms with Gasteiger partial charge in [-0.2, -0.15) is 0 Å². The molecule has 3 rings (SSSR count). The van der Waals surface area contributed by atoms with Crippen molar-refractivity contribution < 1.29 is 14.3 Å². The maximum atomic E-state index is 14.2. The minimum atomic E-state index is -0.303. The smallest absolute Gasteiger partial charge is 0.165 e. The van der Waals surface area contributed by atoms with E-state index in [-0.39, 0.29) is 28.9 Å². The molecule has 0 atom stereocenters. The van der Waals surface area contributed by atoms with Crippen molar-refractivity contribution in [1.82, 2.24) is 4.90 Å². The largest absolute Gasteiger partial charge is 0.507 e. The molecule has 2 aliphatic rings. The number of hydrogen-bond donors (Lipinski definition) is 1. The zero-order valence-corrected chi connectivity index (χ0v) is 20.8. The number of halogens is 1. The lowest BCUT2D eigenvalue weighted by atomic mass is 9.86. The molecule has 0 unspecified atom stereocenters. The second kappa shape index (κ2) is 11.8. The van der Waals surface area contributed by atoms with Crippen LogP contribution >= 0.6 is 0 Å². The molecule has 1 aromatic rings. The van der Waals surface area contributed by atoms with Gasteiger partial charge in [-0.15, -0.1) is 0 Å². The van der Waals surface area contributed by atoms with Crippen molar-refractivity contribution in [1.29, 1.82) is 0 Å². The third kappa shape index (κ3) is 6.53. The molecule has 4 nitrogen and oxygen atoms in total. The predicted molar refractivity (Wildman–Crippen MR) is 136 cm³/mol. The second-order valence-electron chi connectivity index (χ2n) is 8.60. The minimum absolute atomic E-state index is 0.0414. The molecule has 0 bridgehead atoms. The quantitative estimate of drug-likeness (QED) is 0.553. The number of rotatable bonds is 5. The number of ketones is 1. The number of nitrogens with zero attached hydrogens (tertiary/aromatic N) is 2. The number of aliphatic hydroxyl groups excluding tert-OH is 1. The van der Waals surface area contributed by atoms with Crippen molar-refractivity contribution in [3.8, 4) is 0 Å². The van der Waals surface area contributed by atoms with Crippen molar-refractivity contribution in [2.75, 3.05) is 20.1 Å². The zero-order chi connectivity index (χ0) is 24.7. The average Bonchev–Trinajstić information content (AvgIpc) is 3.61. The van der Waals surface area contributed by atoms with Crippen LogP contribution in [0, 0.1) is 17.7 Å². The second-order valence-corrected chi connectivity index (χ2v) is 8.60. The standard InChI is InChI=1S/C26H31FN2O2.C2H6/c1-16(2)22-14-24(31)23(18(4)30)15-28-11-12-29(5)26(22)25(17(3)19-9-10-19)20-7-6-8-21(27)13-20;1-2/h6-8,13-16,19,31H,3,9-12H2,1-2,4-5H3;1-2H3/b22-14+,24-23-,26-25+,28-15?;. The van der Waals surface area contributed by atoms with Gasteiger partial charge in [0, 0.05) is 31.1 Å². The van der Waals surface area contributed by atoms with Crippen molar-refractivity contribution in [2.24, 2.45) is 16.8 Å². The van der Waals surface area contributed by atoms with Gasteiger partial charge in [-0.05, 0) is 66.5 Å². The summed E-state index contributed by atoms with van der Waals surface area (Å²) >= 11 is 0. The SMILES string of the molecule is C=C(/C(=C1/C(C(C)C)=C/C(O)=C(/C(C)=O)C=NCCN1C)c1cccc(F)c1)C1CC1.CC. The monoisotopic (exact) mass is 452 g/mol. The molecule has 33 heavy (non-hydrogen) atoms. The summed E-state index contributed by atoms with van der Waals surface area (Å²) < 4.78 is 14.2. The summed E-state index contributed by atoms with van der Waals surface area (Å²) in [5.41, 5.74) is 4.59. The summed E-state index contributed by atoms with van der Waals surface area (Å²) in [6.45, 7) is 15.0. The van der Waals surface area contributed by atoms with E-state index in [1.54, 1.807) is 12.1 Å². The van der Waals surface area contributed by atoms with Gasteiger partial charge in [-0.25, -0.2) is 4.39 Å². The van der Waals surface area contributed by atoms with Gasteiger partial charge in [-0.3, -0.25) is 9.79 Å². The van der Waals surface area contributed by atoms with Crippen LogP contribution in [0.2, 0.25) is 0 Å². The van der Waals surface area contributed by atoms with E-state index in [4.69, 9.17) is 0 Å². The van der Waals surface area contributed by atoms with Gasteiger partial charge in [-0.1, -0.05) is 46.4 Å². The molecule has 1 saturated carbocycles. The number of likely N-dealkylation sites (N-methyl/N-ethyl adjacent to an activating group) is 1. The van der Waals surface area contributed by atoms with Gasteiger partial charge in [0.25, 0.3) is 0 Å². The summed E-state index contributed by atoms with van der Waals surface area (Å²) in [6.07, 6.45) is 5.24. The Balaban J connectivity index is 0.00000187. The van der Waals surface area contributed by atoms with Gasteiger partial charge in [0.2, 0.25) is 0 Å². The van der Waals surface area contributed by atoms with Crippen molar-refractivity contribution in [2.45, 2.75) is 47.5 Å². The highest BCUT2D eigenvalue weighted by Gasteiger charge is 2.31. The Kier molecular flexibility index (Phi) is 9.39. The zero-order valence-electron chi connectivity index (χ0n) is 20.8. The van der Waals surface area contributed by atoms with Crippen molar-refractivity contribution in [3.05, 3.63) is 76.5 Å². The number of Topliss-reactive ketones (excluding diaryl/α,β-unsaturated/α-hetero) is 1. The third-order valence-corrected chi connectivity index (χ3v) is 5.75. The minimum Gasteiger partial charge on any atom is -0.507 e. The third-order valence-electron chi connectivity index (χ3n) is 5.75. The molecule has 0 radical (unpaired) electrons. The van der Waals surface area contributed by atoms with Gasteiger partial charge < -0.3 is 10.0 Å². The van der Waals surface area contributed by atoms with Crippen LogP contribution in [0.1, 0.15) is 53.0 Å². The molecular formula is C28H37FN2O2. The lowest BCUT2D eigenvalue weighted by Gasteiger charge is -2.31. The Labute approximate surface area is 197 Å². The fraction of sp³-hybridized carbons (Fsp3) is 0.429. The lowest BCUT2D eigenvalue weighted by Crippen LogP contribution is -2.26. The van der Waals surface area contributed by atoms with E-state index in [9.17, 15) is 14.3 Å². The molecule has 1 fully saturated rings. The maximum Gasteiger partial charge on any atom is 0.165 e. The molecule has 0 spiro atoms. The van der Waals surface area contributed by atoms with E-state index in [0.717, 1.165) is 40.8 Å². The maximum absolute atomic E-state index is 14.2. The van der Waals surface area contributed by atoms with Crippen LogP contribution in [-0.4, -0.2) is 42.1 Å². The molecule has 178 valence electrons. The lowest BCUT2D eigenvalue weighted by molar-refractivity contribution is -0.113. The molecular weight excluding hydrogens is 415 g/mol. The fourth-order valence-electron chi connectivity index (χ4n) is 3.86. The highest BCUT2D eigenvalue weighted by Crippen LogP contribution is 2.45. The number of allylic oxidation sites excluding steroid dienone is 5. The number of hydrogen-bond acceptors (Lipinski definition) is 4. The van der Waals surface area contributed by atoms with E-state index in [1.165, 1.54) is 25.3 Å². The summed E-state index contributed by atoms with van der Waals surface area (Å²) in [6, 6.07) is 6.58. The van der Waals surface area contributed by atoms with E-state index in [1.807, 2.05) is 40.8 Å². The fourth-order valence-corrected chi connectivity index (χ4v) is 3.86. The van der Waals surface area contributed by atoms with E-state index >= 15 is 0 Å². The Hall–Kier alpha value is -2.95. The normalized spacial score (nSPS) is 22.2. The summed E-state index contributed by atoms with van der Waals surface area (Å²) in [5.74, 6) is -0.239. The first-order valence-corrected chi connectivity index (χ1v) is 11.8. The van der Waals surface area contributed by atoms with Gasteiger partial charge >= 0.3 is 0 Å². The Morgan fingerprint density at radius 2 is 1.94 bits per heavy atom. The number of benzene rings is 1. The summed E-state index contributed by atoms with van der Waals surface area (Å²) in [7, 11) is 1.98. The highest BCUT2D eigenvalue weighted by atomic mass is 19.1. The van der Waals surface area contributed by atoms with Crippen LogP contribution < -0.4 is 0 Å². The molecule has 5 heteroatoms. The molecule has 1 aromatic carbocycles. The average molecular weight is 453 g/mol. The van der Waals surface area contributed by atoms with Crippen LogP contribution in [0.4, 0.5) is 4.39 Å². The first-order chi connectivity index (χ1) is 15.7. The topological polar surface area (TPSA) is 52.9 Å². The Morgan fingerprint density at radius 3 is 2.48 bits per heavy atom. The van der Waals surface area contributed by atoms with Crippen LogP contribution in [-0.2, 0) is 4.79 Å². The summed E-state index contributed by atoms with van der Waals surface area (Å²) in [5, 5.41) is 10.8. The molecule has 1 heterocycles. The van der Waals surface area contributed by atoms with Crippen LogP contribution in [0.5, 0.6) is 0 Å². The Morgan fingerprint density at radius 1 is 1.27 bits per heavy atom. The van der Waals surface area contributed by atoms with Crippen molar-refractivity contribution >= 4 is 17.6 Å². The molecule has 0 aromatic heterocycles. The molecule has 0 saturated heterocycles. The number of aliphatic imine (C=N–C) groups is 1. The number of carbonyl (C=O) groups is 1. The van der Waals surface area contributed by atoms with Gasteiger partial charge in [0.15, 0.2) is 5.78 Å². The molecule has 1 N–H and O–H groups in total. The summed E-state index contributed by atoms with van der Waals surface area (Å²) in [4.78, 5) is 18.5. The van der Waals surface area contributed by atoms with Crippen LogP contribution in [0.25, 0.3) is 5.57 Å². The molecule has 1 aliphatic heterocycles. The van der Waals surface area contributed by atoms with E-state index in [0.29, 0.717) is 19.0 Å². The number of carbonyl (C=O) groups excluding carboxylic acids is 1. The van der Waals surface area contributed by atoms with Gasteiger partial charge in [0.1, 0.15) is 11.6 Å². The molecule has 1 aliphatic carbocycles.